The number of aliphatic hydroxyl groups is 2. The van der Waals surface area contributed by atoms with Crippen molar-refractivity contribution in [1.29, 1.82) is 0 Å². The van der Waals surface area contributed by atoms with E-state index >= 15 is 0 Å². The van der Waals surface area contributed by atoms with Crippen LogP contribution in [-0.2, 0) is 4.79 Å². The quantitative estimate of drug-likeness (QED) is 0.524. The molecular formula is C8H15NO4. The maximum atomic E-state index is 10.8. The number of nitrogens with zero attached hydrogens (tertiary/aromatic N) is 1. The molecular weight excluding hydrogens is 174 g/mol. The average Bonchev–Trinajstić information content (AvgIpc) is 2.08. The van der Waals surface area contributed by atoms with Gasteiger partial charge in [-0.25, -0.2) is 0 Å². The lowest BCUT2D eigenvalue weighted by molar-refractivity contribution is -0.146. The zero-order chi connectivity index (χ0) is 9.84. The molecule has 1 heterocycles. The Balaban J connectivity index is 2.55. The smallest absolute Gasteiger partial charge is 0.321 e. The summed E-state index contributed by atoms with van der Waals surface area (Å²) in [5.74, 6) is -0.924. The highest BCUT2D eigenvalue weighted by molar-refractivity contribution is 5.73. The summed E-state index contributed by atoms with van der Waals surface area (Å²) in [6, 6.07) is -0.643. The third kappa shape index (κ3) is 2.65. The Bertz CT molecular complexity index is 185. The fourth-order valence-corrected chi connectivity index (χ4v) is 1.65. The third-order valence-corrected chi connectivity index (χ3v) is 2.36. The topological polar surface area (TPSA) is 81.0 Å². The van der Waals surface area contributed by atoms with Crippen LogP contribution < -0.4 is 0 Å². The highest BCUT2D eigenvalue weighted by Gasteiger charge is 2.31. The first-order chi connectivity index (χ1) is 6.15. The number of rotatable bonds is 3. The van der Waals surface area contributed by atoms with Gasteiger partial charge in [-0.05, 0) is 12.8 Å². The van der Waals surface area contributed by atoms with Crippen LogP contribution in [0, 0.1) is 0 Å². The summed E-state index contributed by atoms with van der Waals surface area (Å²) >= 11 is 0. The van der Waals surface area contributed by atoms with Gasteiger partial charge in [-0.1, -0.05) is 0 Å². The summed E-state index contributed by atoms with van der Waals surface area (Å²) in [6.07, 6.45) is 0.329. The second-order valence-corrected chi connectivity index (χ2v) is 3.29. The number of hydrogen-bond acceptors (Lipinski definition) is 4. The molecule has 1 saturated heterocycles. The van der Waals surface area contributed by atoms with Crippen molar-refractivity contribution in [3.8, 4) is 0 Å². The van der Waals surface area contributed by atoms with Crippen molar-refractivity contribution in [2.45, 2.75) is 25.0 Å². The third-order valence-electron chi connectivity index (χ3n) is 2.36. The van der Waals surface area contributed by atoms with Crippen molar-refractivity contribution in [1.82, 2.24) is 4.90 Å². The molecule has 0 aromatic heterocycles. The molecule has 0 amide bonds. The minimum Gasteiger partial charge on any atom is -0.480 e. The number of likely N-dealkylation sites (tertiary alicyclic amines) is 1. The van der Waals surface area contributed by atoms with E-state index in [1.54, 1.807) is 4.90 Å². The van der Waals surface area contributed by atoms with Crippen LogP contribution in [0.3, 0.4) is 0 Å². The maximum Gasteiger partial charge on any atom is 0.321 e. The van der Waals surface area contributed by atoms with Gasteiger partial charge in [0.15, 0.2) is 0 Å². The molecule has 0 bridgehead atoms. The van der Waals surface area contributed by atoms with Crippen molar-refractivity contribution in [2.75, 3.05) is 19.7 Å². The van der Waals surface area contributed by atoms with Gasteiger partial charge in [-0.3, -0.25) is 9.69 Å². The van der Waals surface area contributed by atoms with E-state index in [1.165, 1.54) is 0 Å². The number of carbonyl (C=O) groups is 1. The summed E-state index contributed by atoms with van der Waals surface area (Å²) in [7, 11) is 0. The summed E-state index contributed by atoms with van der Waals surface area (Å²) in [5.41, 5.74) is 0. The molecule has 0 saturated carbocycles. The van der Waals surface area contributed by atoms with Crippen LogP contribution in [0.25, 0.3) is 0 Å². The number of piperidine rings is 1. The molecule has 5 nitrogen and oxygen atoms in total. The molecule has 0 aliphatic carbocycles. The Hall–Kier alpha value is -0.650. The van der Waals surface area contributed by atoms with E-state index in [0.29, 0.717) is 19.5 Å². The van der Waals surface area contributed by atoms with Gasteiger partial charge >= 0.3 is 5.97 Å². The van der Waals surface area contributed by atoms with Crippen LogP contribution in [0.4, 0.5) is 0 Å². The molecule has 76 valence electrons. The Morgan fingerprint density at radius 1 is 1.54 bits per heavy atom. The van der Waals surface area contributed by atoms with E-state index < -0.39 is 18.1 Å². The molecule has 1 fully saturated rings. The Labute approximate surface area is 76.6 Å². The molecule has 0 radical (unpaired) electrons. The highest BCUT2D eigenvalue weighted by Crippen LogP contribution is 2.17. The second kappa shape index (κ2) is 4.55. The van der Waals surface area contributed by atoms with Gasteiger partial charge in [-0.15, -0.1) is 0 Å². The zero-order valence-corrected chi connectivity index (χ0v) is 7.39. The lowest BCUT2D eigenvalue weighted by atomic mass is 10.00. The normalized spacial score (nSPS) is 30.3. The summed E-state index contributed by atoms with van der Waals surface area (Å²) < 4.78 is 0. The minimum absolute atomic E-state index is 0.0418. The summed E-state index contributed by atoms with van der Waals surface area (Å²) in [6.45, 7) is 0.863. The van der Waals surface area contributed by atoms with Crippen molar-refractivity contribution in [2.24, 2.45) is 0 Å². The lowest BCUT2D eigenvalue weighted by Crippen LogP contribution is -2.49. The second-order valence-electron chi connectivity index (χ2n) is 3.29. The van der Waals surface area contributed by atoms with Crippen LogP contribution in [0.1, 0.15) is 12.8 Å². The molecule has 1 aliphatic heterocycles. The highest BCUT2D eigenvalue weighted by atomic mass is 16.4. The van der Waals surface area contributed by atoms with E-state index in [4.69, 9.17) is 10.2 Å². The average molecular weight is 189 g/mol. The summed E-state index contributed by atoms with van der Waals surface area (Å²) in [5, 5.41) is 26.8. The van der Waals surface area contributed by atoms with Crippen LogP contribution in [0.5, 0.6) is 0 Å². The largest absolute Gasteiger partial charge is 0.480 e. The minimum atomic E-state index is -0.924. The number of aliphatic hydroxyl groups excluding tert-OH is 2. The van der Waals surface area contributed by atoms with Gasteiger partial charge in [0.1, 0.15) is 6.04 Å². The zero-order valence-electron chi connectivity index (χ0n) is 7.39. The van der Waals surface area contributed by atoms with E-state index in [0.717, 1.165) is 0 Å². The van der Waals surface area contributed by atoms with E-state index in [-0.39, 0.29) is 13.0 Å². The SMILES string of the molecule is O=C(O)C1CC(O)CCN1CCO. The molecule has 0 spiro atoms. The first kappa shape index (κ1) is 10.4. The molecule has 2 unspecified atom stereocenters. The Morgan fingerprint density at radius 3 is 2.77 bits per heavy atom. The van der Waals surface area contributed by atoms with Crippen molar-refractivity contribution in [3.05, 3.63) is 0 Å². The molecule has 0 aromatic carbocycles. The standard InChI is InChI=1S/C8H15NO4/c10-4-3-9-2-1-6(11)5-7(9)8(12)13/h6-7,10-11H,1-5H2,(H,12,13). The van der Waals surface area contributed by atoms with Gasteiger partial charge in [0.05, 0.1) is 12.7 Å². The molecule has 13 heavy (non-hydrogen) atoms. The molecule has 0 aromatic rings. The molecule has 2 atom stereocenters. The molecule has 1 rings (SSSR count). The van der Waals surface area contributed by atoms with Gasteiger partial charge < -0.3 is 15.3 Å². The van der Waals surface area contributed by atoms with Gasteiger partial charge in [0.2, 0.25) is 0 Å². The number of aliphatic carboxylic acids is 1. The maximum absolute atomic E-state index is 10.8. The van der Waals surface area contributed by atoms with Crippen LogP contribution >= 0.6 is 0 Å². The number of β-amino-alcohol motifs (C(OH)–C–C–N with tert-alkyl or cyclic N) is 1. The predicted octanol–water partition coefficient (Wildman–Crippen LogP) is -1.11. The number of carboxylic acids is 1. The fraction of sp³-hybridized carbons (Fsp3) is 0.875. The van der Waals surface area contributed by atoms with Crippen molar-refractivity contribution < 1.29 is 20.1 Å². The lowest BCUT2D eigenvalue weighted by Gasteiger charge is -2.34. The van der Waals surface area contributed by atoms with E-state index in [2.05, 4.69) is 0 Å². The number of carboxylic acid groups (broad SMARTS) is 1. The van der Waals surface area contributed by atoms with Gasteiger partial charge in [-0.2, -0.15) is 0 Å². The predicted molar refractivity (Wildman–Crippen MR) is 45.3 cm³/mol. The van der Waals surface area contributed by atoms with Crippen LogP contribution in [-0.4, -0.2) is 58.0 Å². The van der Waals surface area contributed by atoms with Crippen molar-refractivity contribution in [3.63, 3.8) is 0 Å². The van der Waals surface area contributed by atoms with Crippen molar-refractivity contribution >= 4 is 5.97 Å². The van der Waals surface area contributed by atoms with Gasteiger partial charge in [0.25, 0.3) is 0 Å². The molecule has 1 aliphatic rings. The van der Waals surface area contributed by atoms with Crippen LogP contribution in [0.2, 0.25) is 0 Å². The Kier molecular flexibility index (Phi) is 3.65. The Morgan fingerprint density at radius 2 is 2.23 bits per heavy atom. The van der Waals surface area contributed by atoms with E-state index in [1.807, 2.05) is 0 Å². The van der Waals surface area contributed by atoms with Crippen LogP contribution in [0.15, 0.2) is 0 Å². The molecule has 5 heteroatoms. The fourth-order valence-electron chi connectivity index (χ4n) is 1.65. The number of hydrogen-bond donors (Lipinski definition) is 3. The molecule has 3 N–H and O–H groups in total. The van der Waals surface area contributed by atoms with E-state index in [9.17, 15) is 9.90 Å². The first-order valence-corrected chi connectivity index (χ1v) is 4.41. The monoisotopic (exact) mass is 189 g/mol. The first-order valence-electron chi connectivity index (χ1n) is 4.41. The summed E-state index contributed by atoms with van der Waals surface area (Å²) in [4.78, 5) is 12.4. The van der Waals surface area contributed by atoms with Gasteiger partial charge in [0, 0.05) is 13.1 Å².